The van der Waals surface area contributed by atoms with Crippen molar-refractivity contribution >= 4 is 23.8 Å². The number of aliphatic carboxylic acids is 1. The summed E-state index contributed by atoms with van der Waals surface area (Å²) in [5, 5.41) is 22.4. The van der Waals surface area contributed by atoms with Crippen molar-refractivity contribution < 1.29 is 34.1 Å². The van der Waals surface area contributed by atoms with E-state index in [4.69, 9.17) is 14.9 Å². The van der Waals surface area contributed by atoms with E-state index in [9.17, 15) is 19.2 Å². The third kappa shape index (κ3) is 30.4. The molecule has 0 radical (unpaired) electrons. The predicted molar refractivity (Wildman–Crippen MR) is 195 cm³/mol. The van der Waals surface area contributed by atoms with E-state index in [1.54, 1.807) is 0 Å². The lowest BCUT2D eigenvalue weighted by atomic mass is 10.0. The molecule has 9 heteroatoms. The number of aliphatic hydroxyl groups excluding tert-OH is 1. The van der Waals surface area contributed by atoms with Crippen molar-refractivity contribution in [3.05, 3.63) is 36.5 Å². The molecule has 0 spiro atoms. The molecule has 0 aromatic rings. The van der Waals surface area contributed by atoms with Gasteiger partial charge in [0.2, 0.25) is 11.8 Å². The third-order valence-electron chi connectivity index (χ3n) is 8.14. The predicted octanol–water partition coefficient (Wildman–Crippen LogP) is 8.26. The molecule has 0 bridgehead atoms. The second-order valence-electron chi connectivity index (χ2n) is 12.7. The highest BCUT2D eigenvalue weighted by atomic mass is 16.5. The van der Waals surface area contributed by atoms with Crippen molar-refractivity contribution in [3.63, 3.8) is 0 Å². The Hall–Kier alpha value is -2.94. The second-order valence-corrected chi connectivity index (χ2v) is 12.7. The summed E-state index contributed by atoms with van der Waals surface area (Å²) in [4.78, 5) is 47.2. The lowest BCUT2D eigenvalue weighted by Gasteiger charge is -2.18. The smallest absolute Gasteiger partial charge is 0.328 e. The molecule has 9 nitrogen and oxygen atoms in total. The number of aliphatic hydroxyl groups is 1. The van der Waals surface area contributed by atoms with Gasteiger partial charge in [0.1, 0.15) is 12.1 Å². The molecule has 0 aliphatic heterocycles. The number of unbranched alkanes of at least 4 members (excludes halogenated alkanes) is 13. The molecule has 4 N–H and O–H groups in total. The van der Waals surface area contributed by atoms with Gasteiger partial charge >= 0.3 is 11.9 Å². The standard InChI is InChI=1S/C39H68N2O7/c1-3-5-7-8-9-10-11-12-13-14-15-16-17-18-19-20-21-22-27-31-38(45)48-34(28-24-6-4-2)29-25-23-26-30-36(43)40-32-37(44)41-35(33-42)39(46)47/h9-10,12-13,15-16,34-35,42H,3-8,11,14,17-33H2,1-2H3,(H,40,43)(H,41,44)(H,46,47)/b10-9-,13-12-,16-15-. The minimum atomic E-state index is -1.39. The number of esters is 1. The van der Waals surface area contributed by atoms with Crippen molar-refractivity contribution in [1.82, 2.24) is 10.6 Å². The van der Waals surface area contributed by atoms with Crippen LogP contribution in [0.15, 0.2) is 36.5 Å². The lowest BCUT2D eigenvalue weighted by molar-refractivity contribution is -0.150. The summed E-state index contributed by atoms with van der Waals surface area (Å²) in [5.74, 6) is -2.41. The van der Waals surface area contributed by atoms with Gasteiger partial charge < -0.3 is 25.6 Å². The minimum Gasteiger partial charge on any atom is -0.480 e. The number of carbonyl (C=O) groups excluding carboxylic acids is 3. The minimum absolute atomic E-state index is 0.0871. The molecule has 276 valence electrons. The monoisotopic (exact) mass is 677 g/mol. The zero-order chi connectivity index (χ0) is 35.5. The van der Waals surface area contributed by atoms with Crippen molar-refractivity contribution in [2.75, 3.05) is 13.2 Å². The first kappa shape index (κ1) is 45.1. The molecule has 48 heavy (non-hydrogen) atoms. The number of hydrogen-bond acceptors (Lipinski definition) is 6. The molecule has 2 atom stereocenters. The van der Waals surface area contributed by atoms with Crippen molar-refractivity contribution in [2.24, 2.45) is 0 Å². The number of carbonyl (C=O) groups is 4. The number of carboxylic acids is 1. The summed E-state index contributed by atoms with van der Waals surface area (Å²) in [5.41, 5.74) is 0. The van der Waals surface area contributed by atoms with Crippen LogP contribution in [0.25, 0.3) is 0 Å². The van der Waals surface area contributed by atoms with Crippen molar-refractivity contribution in [1.29, 1.82) is 0 Å². The topological polar surface area (TPSA) is 142 Å². The number of hydrogen-bond donors (Lipinski definition) is 4. The van der Waals surface area contributed by atoms with Crippen LogP contribution >= 0.6 is 0 Å². The van der Waals surface area contributed by atoms with Gasteiger partial charge in [-0.15, -0.1) is 0 Å². The first-order valence-electron chi connectivity index (χ1n) is 18.9. The van der Waals surface area contributed by atoms with Crippen molar-refractivity contribution in [2.45, 2.75) is 174 Å². The summed E-state index contributed by atoms with van der Waals surface area (Å²) < 4.78 is 5.85. The highest BCUT2D eigenvalue weighted by molar-refractivity contribution is 5.87. The fourth-order valence-corrected chi connectivity index (χ4v) is 5.19. The Morgan fingerprint density at radius 2 is 1.12 bits per heavy atom. The van der Waals surface area contributed by atoms with Gasteiger partial charge in [0.05, 0.1) is 13.2 Å². The Labute approximate surface area is 291 Å². The van der Waals surface area contributed by atoms with E-state index in [2.05, 4.69) is 60.9 Å². The zero-order valence-corrected chi connectivity index (χ0v) is 30.2. The molecule has 0 aliphatic carbocycles. The second kappa shape index (κ2) is 33.9. The van der Waals surface area contributed by atoms with E-state index in [0.717, 1.165) is 83.5 Å². The first-order valence-corrected chi connectivity index (χ1v) is 18.9. The summed E-state index contributed by atoms with van der Waals surface area (Å²) in [6.45, 7) is 3.32. The highest BCUT2D eigenvalue weighted by Crippen LogP contribution is 2.17. The van der Waals surface area contributed by atoms with Crippen molar-refractivity contribution in [3.8, 4) is 0 Å². The third-order valence-corrected chi connectivity index (χ3v) is 8.14. The molecule has 2 amide bonds. The van der Waals surface area contributed by atoms with Gasteiger partial charge in [0.15, 0.2) is 0 Å². The summed E-state index contributed by atoms with van der Waals surface area (Å²) in [6.07, 6.45) is 36.4. The normalized spacial score (nSPS) is 12.9. The van der Waals surface area contributed by atoms with E-state index < -0.39 is 24.5 Å². The number of ether oxygens (including phenoxy) is 1. The van der Waals surface area contributed by atoms with Crippen LogP contribution < -0.4 is 10.6 Å². The van der Waals surface area contributed by atoms with Crippen LogP contribution in [0.2, 0.25) is 0 Å². The van der Waals surface area contributed by atoms with E-state index >= 15 is 0 Å². The van der Waals surface area contributed by atoms with Crippen LogP contribution in [0.4, 0.5) is 0 Å². The molecule has 0 fully saturated rings. The van der Waals surface area contributed by atoms with E-state index in [1.807, 2.05) is 0 Å². The van der Waals surface area contributed by atoms with Crippen LogP contribution in [0.3, 0.4) is 0 Å². The largest absolute Gasteiger partial charge is 0.480 e. The molecule has 0 aliphatic rings. The number of amides is 2. The van der Waals surface area contributed by atoms with Gasteiger partial charge in [-0.25, -0.2) is 4.79 Å². The number of rotatable bonds is 33. The van der Waals surface area contributed by atoms with Gasteiger partial charge in [-0.2, -0.15) is 0 Å². The quantitative estimate of drug-likeness (QED) is 0.0311. The summed E-state index contributed by atoms with van der Waals surface area (Å²) >= 11 is 0. The summed E-state index contributed by atoms with van der Waals surface area (Å²) in [6, 6.07) is -1.39. The maximum atomic E-state index is 12.5. The lowest BCUT2D eigenvalue weighted by Crippen LogP contribution is -2.47. The molecule has 0 heterocycles. The zero-order valence-electron chi connectivity index (χ0n) is 30.2. The van der Waals surface area contributed by atoms with Gasteiger partial charge in [0.25, 0.3) is 0 Å². The Morgan fingerprint density at radius 3 is 1.73 bits per heavy atom. The van der Waals surface area contributed by atoms with E-state index in [0.29, 0.717) is 12.8 Å². The maximum Gasteiger partial charge on any atom is 0.328 e. The molecule has 0 rings (SSSR count). The van der Waals surface area contributed by atoms with Crippen LogP contribution in [0.5, 0.6) is 0 Å². The highest BCUT2D eigenvalue weighted by Gasteiger charge is 2.19. The molecular formula is C39H68N2O7. The Kier molecular flexibility index (Phi) is 31.9. The molecule has 0 saturated heterocycles. The molecule has 0 aromatic heterocycles. The van der Waals surface area contributed by atoms with Crippen LogP contribution in [-0.2, 0) is 23.9 Å². The Bertz CT molecular complexity index is 916. The van der Waals surface area contributed by atoms with Crippen LogP contribution in [0, 0.1) is 0 Å². The van der Waals surface area contributed by atoms with E-state index in [1.165, 1.54) is 44.9 Å². The fourth-order valence-electron chi connectivity index (χ4n) is 5.19. The molecule has 0 saturated carbocycles. The van der Waals surface area contributed by atoms with Gasteiger partial charge in [-0.05, 0) is 77.0 Å². The van der Waals surface area contributed by atoms with E-state index in [-0.39, 0.29) is 30.9 Å². The number of allylic oxidation sites excluding steroid dienone is 6. The van der Waals surface area contributed by atoms with Gasteiger partial charge in [-0.1, -0.05) is 108 Å². The average Bonchev–Trinajstić information content (AvgIpc) is 3.06. The van der Waals surface area contributed by atoms with Crippen LogP contribution in [0.1, 0.15) is 162 Å². The Morgan fingerprint density at radius 1 is 0.625 bits per heavy atom. The molecule has 2 unspecified atom stereocenters. The SMILES string of the molecule is CCCCC/C=C\C/C=C\C/C=C\CCCCCCCCC(=O)OC(CCCCC)CCCCCC(=O)NCC(=O)NC(CO)C(=O)O. The average molecular weight is 677 g/mol. The maximum absolute atomic E-state index is 12.5. The number of carboxylic acid groups (broad SMARTS) is 1. The molecule has 0 aromatic carbocycles. The first-order chi connectivity index (χ1) is 23.3. The number of nitrogens with one attached hydrogen (secondary N) is 2. The fraction of sp³-hybridized carbons (Fsp3) is 0.744. The molecular weight excluding hydrogens is 608 g/mol. The van der Waals surface area contributed by atoms with Gasteiger partial charge in [0, 0.05) is 12.8 Å². The summed E-state index contributed by atoms with van der Waals surface area (Å²) in [7, 11) is 0. The van der Waals surface area contributed by atoms with Gasteiger partial charge in [-0.3, -0.25) is 14.4 Å². The Balaban J connectivity index is 3.97. The van der Waals surface area contributed by atoms with Crippen LogP contribution in [-0.4, -0.2) is 59.3 Å².